The normalized spacial score (nSPS) is 11.6. The van der Waals surface area contributed by atoms with Gasteiger partial charge in [0.15, 0.2) is 5.16 Å². The van der Waals surface area contributed by atoms with E-state index in [9.17, 15) is 0 Å². The Morgan fingerprint density at radius 1 is 1.33 bits per heavy atom. The number of nitrogens with two attached hydrogens (primary N) is 1. The number of hydrogen-bond acceptors (Lipinski definition) is 7. The summed E-state index contributed by atoms with van der Waals surface area (Å²) >= 11 is 1.38. The van der Waals surface area contributed by atoms with Gasteiger partial charge in [0.2, 0.25) is 0 Å². The molecule has 2 aromatic rings. The van der Waals surface area contributed by atoms with E-state index in [1.807, 2.05) is 20.8 Å². The first-order valence-corrected chi connectivity index (χ1v) is 6.20. The molecule has 0 fully saturated rings. The Hall–Kier alpha value is -1.67. The summed E-state index contributed by atoms with van der Waals surface area (Å²) in [5.41, 5.74) is 2.40. The van der Waals surface area contributed by atoms with Crippen LogP contribution in [0.1, 0.15) is 26.6 Å². The van der Waals surface area contributed by atoms with Crippen molar-refractivity contribution in [3.8, 4) is 0 Å². The van der Waals surface area contributed by atoms with Crippen LogP contribution in [0.25, 0.3) is 0 Å². The molecule has 0 aromatic carbocycles. The number of aromatic nitrogens is 5. The SMILES string of the molecule is CC(C)(C)c1nc(NN)cc(Sc2ncn[nH]2)n1. The number of nitrogen functional groups attached to an aromatic ring is 1. The molecule has 2 rings (SSSR count). The first kappa shape index (κ1) is 12.8. The minimum atomic E-state index is -0.149. The monoisotopic (exact) mass is 265 g/mol. The first-order valence-electron chi connectivity index (χ1n) is 5.38. The fraction of sp³-hybridized carbons (Fsp3) is 0.400. The first-order chi connectivity index (χ1) is 8.49. The lowest BCUT2D eigenvalue weighted by molar-refractivity contribution is 0.539. The van der Waals surface area contributed by atoms with Crippen molar-refractivity contribution in [2.24, 2.45) is 5.84 Å². The van der Waals surface area contributed by atoms with Gasteiger partial charge in [0.05, 0.1) is 0 Å². The third-order valence-electron chi connectivity index (χ3n) is 2.12. The predicted molar refractivity (Wildman–Crippen MR) is 69.0 cm³/mol. The van der Waals surface area contributed by atoms with E-state index in [0.717, 1.165) is 10.9 Å². The Balaban J connectivity index is 2.35. The molecule has 8 heteroatoms. The summed E-state index contributed by atoms with van der Waals surface area (Å²) in [5, 5.41) is 8.00. The third kappa shape index (κ3) is 2.96. The summed E-state index contributed by atoms with van der Waals surface area (Å²) in [4.78, 5) is 12.9. The third-order valence-corrected chi connectivity index (χ3v) is 2.92. The lowest BCUT2D eigenvalue weighted by Crippen LogP contribution is -2.19. The smallest absolute Gasteiger partial charge is 0.189 e. The van der Waals surface area contributed by atoms with Crippen LogP contribution in [0.5, 0.6) is 0 Å². The minimum absolute atomic E-state index is 0.149. The maximum atomic E-state index is 5.42. The topological polar surface area (TPSA) is 105 Å². The van der Waals surface area contributed by atoms with E-state index in [1.165, 1.54) is 18.1 Å². The second kappa shape index (κ2) is 4.91. The van der Waals surface area contributed by atoms with Crippen LogP contribution in [0.3, 0.4) is 0 Å². The quantitative estimate of drug-likeness (QED) is 0.436. The van der Waals surface area contributed by atoms with Crippen LogP contribution in [0, 0.1) is 0 Å². The highest BCUT2D eigenvalue weighted by molar-refractivity contribution is 7.99. The number of nitrogens with zero attached hydrogens (tertiary/aromatic N) is 4. The molecule has 0 radical (unpaired) electrons. The maximum absolute atomic E-state index is 5.42. The van der Waals surface area contributed by atoms with Gasteiger partial charge in [-0.2, -0.15) is 5.10 Å². The number of anilines is 1. The molecule has 0 aliphatic rings. The van der Waals surface area contributed by atoms with Gasteiger partial charge in [0, 0.05) is 11.5 Å². The molecule has 0 atom stereocenters. The van der Waals surface area contributed by atoms with Gasteiger partial charge in [0.25, 0.3) is 0 Å². The molecule has 0 unspecified atom stereocenters. The Bertz CT molecular complexity index is 518. The van der Waals surface area contributed by atoms with Crippen LogP contribution in [-0.2, 0) is 5.41 Å². The highest BCUT2D eigenvalue weighted by Crippen LogP contribution is 2.27. The highest BCUT2D eigenvalue weighted by atomic mass is 32.2. The van der Waals surface area contributed by atoms with Crippen molar-refractivity contribution in [1.29, 1.82) is 0 Å². The maximum Gasteiger partial charge on any atom is 0.189 e. The molecule has 0 aliphatic heterocycles. The van der Waals surface area contributed by atoms with Crippen LogP contribution < -0.4 is 11.3 Å². The van der Waals surface area contributed by atoms with Crippen LogP contribution in [0.2, 0.25) is 0 Å². The van der Waals surface area contributed by atoms with E-state index < -0.39 is 0 Å². The number of hydrogen-bond donors (Lipinski definition) is 3. The summed E-state index contributed by atoms with van der Waals surface area (Å²) in [6.45, 7) is 6.14. The largest absolute Gasteiger partial charge is 0.308 e. The van der Waals surface area contributed by atoms with Gasteiger partial charge in [-0.3, -0.25) is 5.10 Å². The van der Waals surface area contributed by atoms with E-state index in [0.29, 0.717) is 11.0 Å². The zero-order valence-electron chi connectivity index (χ0n) is 10.4. The number of hydrazine groups is 1. The summed E-state index contributed by atoms with van der Waals surface area (Å²) in [7, 11) is 0. The van der Waals surface area contributed by atoms with Crippen LogP contribution in [0.15, 0.2) is 22.6 Å². The molecular formula is C10H15N7S. The van der Waals surface area contributed by atoms with Crippen molar-refractivity contribution >= 4 is 17.6 Å². The minimum Gasteiger partial charge on any atom is -0.308 e. The Kier molecular flexibility index (Phi) is 3.48. The average Bonchev–Trinajstić information content (AvgIpc) is 2.80. The predicted octanol–water partition coefficient (Wildman–Crippen LogP) is 1.33. The molecule has 2 aromatic heterocycles. The average molecular weight is 265 g/mol. The Labute approximate surface area is 109 Å². The van der Waals surface area contributed by atoms with Crippen molar-refractivity contribution in [2.75, 3.05) is 5.43 Å². The van der Waals surface area contributed by atoms with Gasteiger partial charge in [0.1, 0.15) is 23.0 Å². The summed E-state index contributed by atoms with van der Waals surface area (Å²) in [6, 6.07) is 1.77. The Morgan fingerprint density at radius 3 is 2.67 bits per heavy atom. The molecule has 0 amide bonds. The standard InChI is InChI=1S/C10H15N7S/c1-10(2,3)8-14-6(16-11)4-7(15-8)18-9-12-5-13-17-9/h4-5H,11H2,1-3H3,(H,12,13,17)(H,14,15,16). The number of nitrogens with one attached hydrogen (secondary N) is 2. The molecule has 7 nitrogen and oxygen atoms in total. The number of aromatic amines is 1. The fourth-order valence-corrected chi connectivity index (χ4v) is 1.93. The van der Waals surface area contributed by atoms with Gasteiger partial charge in [-0.15, -0.1) is 0 Å². The van der Waals surface area contributed by atoms with E-state index in [2.05, 4.69) is 30.6 Å². The zero-order chi connectivity index (χ0) is 13.2. The number of H-pyrrole nitrogens is 1. The van der Waals surface area contributed by atoms with E-state index in [1.54, 1.807) is 6.07 Å². The lowest BCUT2D eigenvalue weighted by Gasteiger charge is -2.17. The second-order valence-electron chi connectivity index (χ2n) is 4.70. The van der Waals surface area contributed by atoms with Gasteiger partial charge in [-0.25, -0.2) is 20.8 Å². The lowest BCUT2D eigenvalue weighted by atomic mass is 9.96. The molecule has 96 valence electrons. The van der Waals surface area contributed by atoms with E-state index in [-0.39, 0.29) is 5.41 Å². The van der Waals surface area contributed by atoms with Crippen molar-refractivity contribution in [1.82, 2.24) is 25.1 Å². The second-order valence-corrected chi connectivity index (χ2v) is 5.71. The van der Waals surface area contributed by atoms with Crippen molar-refractivity contribution in [3.63, 3.8) is 0 Å². The molecule has 2 heterocycles. The molecule has 0 saturated heterocycles. The van der Waals surface area contributed by atoms with Crippen LogP contribution >= 0.6 is 11.8 Å². The highest BCUT2D eigenvalue weighted by Gasteiger charge is 2.19. The van der Waals surface area contributed by atoms with Crippen LogP contribution in [0.4, 0.5) is 5.82 Å². The molecule has 18 heavy (non-hydrogen) atoms. The molecule has 0 bridgehead atoms. The van der Waals surface area contributed by atoms with Crippen molar-refractivity contribution < 1.29 is 0 Å². The molecule has 0 aliphatic carbocycles. The fourth-order valence-electron chi connectivity index (χ4n) is 1.23. The van der Waals surface area contributed by atoms with Crippen molar-refractivity contribution in [3.05, 3.63) is 18.2 Å². The molecule has 4 N–H and O–H groups in total. The summed E-state index contributed by atoms with van der Waals surface area (Å²) in [6.07, 6.45) is 1.45. The van der Waals surface area contributed by atoms with Crippen molar-refractivity contribution in [2.45, 2.75) is 36.4 Å². The molecule has 0 saturated carbocycles. The van der Waals surface area contributed by atoms with E-state index >= 15 is 0 Å². The van der Waals surface area contributed by atoms with Gasteiger partial charge in [-0.1, -0.05) is 20.8 Å². The zero-order valence-corrected chi connectivity index (χ0v) is 11.2. The van der Waals surface area contributed by atoms with Crippen LogP contribution in [-0.4, -0.2) is 25.1 Å². The van der Waals surface area contributed by atoms with Gasteiger partial charge < -0.3 is 5.43 Å². The Morgan fingerprint density at radius 2 is 2.11 bits per heavy atom. The summed E-state index contributed by atoms with van der Waals surface area (Å²) in [5.74, 6) is 6.72. The summed E-state index contributed by atoms with van der Waals surface area (Å²) < 4.78 is 0. The number of rotatable bonds is 3. The van der Waals surface area contributed by atoms with Gasteiger partial charge in [-0.05, 0) is 11.8 Å². The molecular weight excluding hydrogens is 250 g/mol. The van der Waals surface area contributed by atoms with Gasteiger partial charge >= 0.3 is 0 Å². The van der Waals surface area contributed by atoms with E-state index in [4.69, 9.17) is 5.84 Å². The molecule has 0 spiro atoms.